The summed E-state index contributed by atoms with van der Waals surface area (Å²) in [6.45, 7) is 1.76. The van der Waals surface area contributed by atoms with Crippen LogP contribution in [0.4, 0.5) is 5.13 Å². The van der Waals surface area contributed by atoms with E-state index in [-0.39, 0.29) is 6.54 Å². The van der Waals surface area contributed by atoms with E-state index in [1.165, 1.54) is 11.3 Å². The molecular formula is C10H9ClN2O2S. The molecule has 0 atom stereocenters. The second-order valence-corrected chi connectivity index (χ2v) is 4.72. The number of aryl methyl sites for hydroxylation is 1. The number of hydrogen-bond acceptors (Lipinski definition) is 4. The van der Waals surface area contributed by atoms with Gasteiger partial charge in [0.05, 0.1) is 10.2 Å². The number of aromatic nitrogens is 1. The van der Waals surface area contributed by atoms with E-state index < -0.39 is 5.97 Å². The van der Waals surface area contributed by atoms with Crippen LogP contribution in [0.5, 0.6) is 0 Å². The van der Waals surface area contributed by atoms with Crippen molar-refractivity contribution in [3.05, 3.63) is 22.7 Å². The van der Waals surface area contributed by atoms with Gasteiger partial charge in [0, 0.05) is 5.02 Å². The molecule has 0 spiro atoms. The monoisotopic (exact) mass is 256 g/mol. The van der Waals surface area contributed by atoms with Gasteiger partial charge in [-0.2, -0.15) is 0 Å². The summed E-state index contributed by atoms with van der Waals surface area (Å²) in [6.07, 6.45) is 0. The zero-order chi connectivity index (χ0) is 11.7. The first-order valence-electron chi connectivity index (χ1n) is 4.59. The molecule has 0 amide bonds. The molecule has 0 fully saturated rings. The van der Waals surface area contributed by atoms with Gasteiger partial charge in [-0.1, -0.05) is 22.9 Å². The first-order valence-corrected chi connectivity index (χ1v) is 5.78. The maximum Gasteiger partial charge on any atom is 0.322 e. The highest BCUT2D eigenvalue weighted by atomic mass is 35.5. The molecule has 2 aromatic rings. The van der Waals surface area contributed by atoms with Gasteiger partial charge in [-0.15, -0.1) is 0 Å². The molecule has 0 unspecified atom stereocenters. The minimum atomic E-state index is -0.908. The Morgan fingerprint density at radius 3 is 3.06 bits per heavy atom. The van der Waals surface area contributed by atoms with Crippen LogP contribution in [0.3, 0.4) is 0 Å². The van der Waals surface area contributed by atoms with Crippen LogP contribution in [0, 0.1) is 6.92 Å². The van der Waals surface area contributed by atoms with Crippen LogP contribution < -0.4 is 5.32 Å². The van der Waals surface area contributed by atoms with Gasteiger partial charge in [0.1, 0.15) is 6.54 Å². The average molecular weight is 257 g/mol. The first-order chi connectivity index (χ1) is 7.58. The molecule has 1 heterocycles. The van der Waals surface area contributed by atoms with E-state index in [0.717, 1.165) is 15.8 Å². The van der Waals surface area contributed by atoms with Gasteiger partial charge in [0.25, 0.3) is 0 Å². The van der Waals surface area contributed by atoms with Gasteiger partial charge in [-0.25, -0.2) is 4.98 Å². The molecule has 84 valence electrons. The van der Waals surface area contributed by atoms with E-state index in [0.29, 0.717) is 10.2 Å². The van der Waals surface area contributed by atoms with E-state index in [1.807, 2.05) is 19.1 Å². The van der Waals surface area contributed by atoms with E-state index in [9.17, 15) is 4.79 Å². The fourth-order valence-corrected chi connectivity index (χ4v) is 2.40. The van der Waals surface area contributed by atoms with Crippen molar-refractivity contribution in [3.8, 4) is 0 Å². The van der Waals surface area contributed by atoms with Gasteiger partial charge in [0.2, 0.25) is 0 Å². The van der Waals surface area contributed by atoms with Crippen molar-refractivity contribution >= 4 is 44.3 Å². The second-order valence-electron chi connectivity index (χ2n) is 3.29. The van der Waals surface area contributed by atoms with Crippen LogP contribution in [-0.4, -0.2) is 22.6 Å². The number of thiazole rings is 1. The number of aliphatic carboxylic acids is 1. The Morgan fingerprint density at radius 2 is 2.38 bits per heavy atom. The highest BCUT2D eigenvalue weighted by molar-refractivity contribution is 7.22. The number of anilines is 1. The Morgan fingerprint density at radius 1 is 1.62 bits per heavy atom. The lowest BCUT2D eigenvalue weighted by atomic mass is 10.2. The molecule has 0 aliphatic carbocycles. The van der Waals surface area contributed by atoms with E-state index in [2.05, 4.69) is 10.3 Å². The average Bonchev–Trinajstić information content (AvgIpc) is 2.64. The number of rotatable bonds is 3. The van der Waals surface area contributed by atoms with Crippen LogP contribution in [0.1, 0.15) is 5.56 Å². The third-order valence-electron chi connectivity index (χ3n) is 2.14. The Kier molecular flexibility index (Phi) is 2.98. The number of hydrogen-bond donors (Lipinski definition) is 2. The molecule has 1 aromatic carbocycles. The molecule has 0 saturated carbocycles. The number of nitrogens with zero attached hydrogens (tertiary/aromatic N) is 1. The summed E-state index contributed by atoms with van der Waals surface area (Å²) in [5.74, 6) is -0.908. The fourth-order valence-electron chi connectivity index (χ4n) is 1.33. The van der Waals surface area contributed by atoms with Crippen molar-refractivity contribution in [2.45, 2.75) is 6.92 Å². The lowest BCUT2D eigenvalue weighted by molar-refractivity contribution is -0.134. The van der Waals surface area contributed by atoms with Crippen molar-refractivity contribution < 1.29 is 9.90 Å². The largest absolute Gasteiger partial charge is 0.480 e. The fraction of sp³-hybridized carbons (Fsp3) is 0.200. The molecule has 4 nitrogen and oxygen atoms in total. The first kappa shape index (κ1) is 11.2. The summed E-state index contributed by atoms with van der Waals surface area (Å²) in [5, 5.41) is 12.6. The highest BCUT2D eigenvalue weighted by Gasteiger charge is 2.08. The standard InChI is InChI=1S/C10H9ClN2O2S/c1-5-6(11)2-3-7-9(5)13-10(16-7)12-4-8(14)15/h2-3H,4H2,1H3,(H,12,13)(H,14,15). The zero-order valence-electron chi connectivity index (χ0n) is 8.45. The maximum atomic E-state index is 10.4. The molecule has 0 radical (unpaired) electrons. The van der Waals surface area contributed by atoms with Crippen molar-refractivity contribution in [2.24, 2.45) is 0 Å². The summed E-state index contributed by atoms with van der Waals surface area (Å²) < 4.78 is 0.995. The zero-order valence-corrected chi connectivity index (χ0v) is 10.0. The number of halogens is 1. The van der Waals surface area contributed by atoms with Crippen molar-refractivity contribution in [2.75, 3.05) is 11.9 Å². The van der Waals surface area contributed by atoms with Crippen LogP contribution in [-0.2, 0) is 4.79 Å². The number of carboxylic acids is 1. The van der Waals surface area contributed by atoms with Crippen molar-refractivity contribution in [1.82, 2.24) is 4.98 Å². The van der Waals surface area contributed by atoms with Crippen LogP contribution in [0.25, 0.3) is 10.2 Å². The topological polar surface area (TPSA) is 62.2 Å². The number of nitrogens with one attached hydrogen (secondary N) is 1. The Hall–Kier alpha value is -1.33. The number of benzene rings is 1. The lowest BCUT2D eigenvalue weighted by Gasteiger charge is -1.96. The summed E-state index contributed by atoms with van der Waals surface area (Å²) >= 11 is 7.39. The van der Waals surface area contributed by atoms with Gasteiger partial charge in [-0.3, -0.25) is 4.79 Å². The SMILES string of the molecule is Cc1c(Cl)ccc2sc(NCC(=O)O)nc12. The van der Waals surface area contributed by atoms with Gasteiger partial charge >= 0.3 is 5.97 Å². The molecule has 6 heteroatoms. The lowest BCUT2D eigenvalue weighted by Crippen LogP contribution is -2.11. The van der Waals surface area contributed by atoms with Crippen LogP contribution in [0.15, 0.2) is 12.1 Å². The highest BCUT2D eigenvalue weighted by Crippen LogP contribution is 2.31. The van der Waals surface area contributed by atoms with Gasteiger partial charge in [0.15, 0.2) is 5.13 Å². The van der Waals surface area contributed by atoms with Gasteiger partial charge in [-0.05, 0) is 24.6 Å². The molecule has 16 heavy (non-hydrogen) atoms. The molecule has 1 aromatic heterocycles. The predicted molar refractivity (Wildman–Crippen MR) is 65.5 cm³/mol. The Labute approximate surface area is 101 Å². The summed E-state index contributed by atoms with van der Waals surface area (Å²) in [4.78, 5) is 14.7. The Bertz CT molecular complexity index is 553. The number of carboxylic acid groups (broad SMARTS) is 1. The van der Waals surface area contributed by atoms with Crippen molar-refractivity contribution in [1.29, 1.82) is 0 Å². The molecule has 2 N–H and O–H groups in total. The molecule has 0 aliphatic heterocycles. The van der Waals surface area contributed by atoms with E-state index >= 15 is 0 Å². The normalized spacial score (nSPS) is 10.6. The Balaban J connectivity index is 2.36. The number of fused-ring (bicyclic) bond motifs is 1. The summed E-state index contributed by atoms with van der Waals surface area (Å²) in [6, 6.07) is 3.70. The third kappa shape index (κ3) is 2.10. The van der Waals surface area contributed by atoms with Crippen molar-refractivity contribution in [3.63, 3.8) is 0 Å². The van der Waals surface area contributed by atoms with Crippen LogP contribution in [0.2, 0.25) is 5.02 Å². The van der Waals surface area contributed by atoms with Gasteiger partial charge < -0.3 is 10.4 Å². The second kappa shape index (κ2) is 4.27. The molecular weight excluding hydrogens is 248 g/mol. The third-order valence-corrected chi connectivity index (χ3v) is 3.53. The molecule has 0 aliphatic rings. The minimum absolute atomic E-state index is 0.132. The quantitative estimate of drug-likeness (QED) is 0.886. The summed E-state index contributed by atoms with van der Waals surface area (Å²) in [7, 11) is 0. The molecule has 2 rings (SSSR count). The predicted octanol–water partition coefficient (Wildman–Crippen LogP) is 2.75. The number of carbonyl (C=O) groups is 1. The maximum absolute atomic E-state index is 10.4. The molecule has 0 saturated heterocycles. The van der Waals surface area contributed by atoms with E-state index in [4.69, 9.17) is 16.7 Å². The molecule has 0 bridgehead atoms. The summed E-state index contributed by atoms with van der Waals surface area (Å²) in [5.41, 5.74) is 1.74. The smallest absolute Gasteiger partial charge is 0.322 e. The van der Waals surface area contributed by atoms with Crippen LogP contribution >= 0.6 is 22.9 Å². The minimum Gasteiger partial charge on any atom is -0.480 e. The van der Waals surface area contributed by atoms with E-state index in [1.54, 1.807) is 0 Å².